The highest BCUT2D eigenvalue weighted by molar-refractivity contribution is 6.30. The number of carbonyl (C=O) groups is 1. The molecule has 5 heteroatoms. The molecule has 1 aliphatic heterocycles. The van der Waals surface area contributed by atoms with E-state index >= 15 is 0 Å². The fraction of sp³-hybridized carbons (Fsp3) is 0.567. The predicted molar refractivity (Wildman–Crippen MR) is 147 cm³/mol. The number of fused-ring (bicyclic) bond motifs is 2. The zero-order valence-corrected chi connectivity index (χ0v) is 23.8. The van der Waals surface area contributed by atoms with Gasteiger partial charge in [0.1, 0.15) is 23.7 Å². The van der Waals surface area contributed by atoms with Gasteiger partial charge < -0.3 is 14.6 Å². The molecule has 2 aromatic carbocycles. The van der Waals surface area contributed by atoms with Crippen molar-refractivity contribution in [3.8, 4) is 11.5 Å². The minimum absolute atomic E-state index is 0.161. The topological polar surface area (TPSA) is 55.8 Å². The zero-order chi connectivity index (χ0) is 26.6. The van der Waals surface area contributed by atoms with Crippen molar-refractivity contribution in [2.24, 2.45) is 0 Å². The van der Waals surface area contributed by atoms with Crippen molar-refractivity contribution in [2.75, 3.05) is 0 Å². The van der Waals surface area contributed by atoms with Crippen LogP contribution in [0.4, 0.5) is 0 Å². The second kappa shape index (κ2) is 15.0. The van der Waals surface area contributed by atoms with E-state index in [4.69, 9.17) is 26.2 Å². The first-order chi connectivity index (χ1) is 16.8. The Labute approximate surface area is 218 Å². The molecule has 1 aliphatic carbocycles. The van der Waals surface area contributed by atoms with E-state index in [1.807, 2.05) is 65.8 Å². The van der Waals surface area contributed by atoms with Crippen molar-refractivity contribution in [3.63, 3.8) is 0 Å². The maximum Gasteiger partial charge on any atom is 0.303 e. The number of benzene rings is 2. The lowest BCUT2D eigenvalue weighted by atomic mass is 9.86. The molecule has 0 fully saturated rings. The summed E-state index contributed by atoms with van der Waals surface area (Å²) in [7, 11) is 0. The fourth-order valence-corrected chi connectivity index (χ4v) is 4.79. The van der Waals surface area contributed by atoms with Gasteiger partial charge in [0, 0.05) is 23.4 Å². The lowest BCUT2D eigenvalue weighted by Gasteiger charge is -2.23. The zero-order valence-electron chi connectivity index (χ0n) is 23.0. The van der Waals surface area contributed by atoms with Crippen molar-refractivity contribution in [1.82, 2.24) is 0 Å². The molecule has 0 bridgehead atoms. The van der Waals surface area contributed by atoms with Gasteiger partial charge in [-0.2, -0.15) is 0 Å². The maximum absolute atomic E-state index is 11.0. The first-order valence-corrected chi connectivity index (χ1v) is 13.7. The summed E-state index contributed by atoms with van der Waals surface area (Å²) >= 11 is 6.34. The minimum Gasteiger partial charge on any atom is -0.488 e. The van der Waals surface area contributed by atoms with Crippen molar-refractivity contribution < 1.29 is 19.4 Å². The van der Waals surface area contributed by atoms with Gasteiger partial charge in [-0.25, -0.2) is 0 Å². The third-order valence-corrected chi connectivity index (χ3v) is 6.00. The molecule has 0 saturated carbocycles. The highest BCUT2D eigenvalue weighted by Crippen LogP contribution is 2.40. The Hall–Kier alpha value is -2.20. The van der Waals surface area contributed by atoms with E-state index in [1.165, 1.54) is 11.1 Å². The predicted octanol–water partition coefficient (Wildman–Crippen LogP) is 8.61. The number of carboxylic acids is 1. The van der Waals surface area contributed by atoms with Gasteiger partial charge in [-0.05, 0) is 86.4 Å². The molecule has 4 rings (SSSR count). The molecule has 1 N–H and O–H groups in total. The van der Waals surface area contributed by atoms with Crippen molar-refractivity contribution in [1.29, 1.82) is 0 Å². The molecule has 1 heterocycles. The minimum atomic E-state index is -0.757. The molecule has 0 amide bonds. The Morgan fingerprint density at radius 1 is 1.00 bits per heavy atom. The number of halogens is 1. The molecular formula is C30H45ClO4. The number of ether oxygens (including phenoxy) is 2. The summed E-state index contributed by atoms with van der Waals surface area (Å²) in [6.07, 6.45) is 5.81. The molecule has 35 heavy (non-hydrogen) atoms. The van der Waals surface area contributed by atoms with Gasteiger partial charge in [0.2, 0.25) is 0 Å². The molecular weight excluding hydrogens is 460 g/mol. The second-order valence-electron chi connectivity index (χ2n) is 8.66. The fourth-order valence-electron chi connectivity index (χ4n) is 4.53. The summed E-state index contributed by atoms with van der Waals surface area (Å²) in [6, 6.07) is 7.94. The van der Waals surface area contributed by atoms with Gasteiger partial charge in [-0.1, -0.05) is 59.2 Å². The van der Waals surface area contributed by atoms with Crippen LogP contribution in [0.15, 0.2) is 24.3 Å². The number of aliphatic carboxylic acids is 1. The van der Waals surface area contributed by atoms with Gasteiger partial charge in [0.15, 0.2) is 0 Å². The second-order valence-corrected chi connectivity index (χ2v) is 9.10. The van der Waals surface area contributed by atoms with Crippen LogP contribution in [0.3, 0.4) is 0 Å². The number of carboxylic acid groups (broad SMARTS) is 1. The number of rotatable bonds is 6. The van der Waals surface area contributed by atoms with E-state index in [9.17, 15) is 4.79 Å². The third-order valence-electron chi connectivity index (χ3n) is 5.78. The normalized spacial score (nSPS) is 14.3. The molecule has 0 aromatic heterocycles. The number of hydrogen-bond donors (Lipinski definition) is 1. The van der Waals surface area contributed by atoms with E-state index in [0.717, 1.165) is 60.3 Å². The first-order valence-electron chi connectivity index (χ1n) is 13.3. The Kier molecular flexibility index (Phi) is 13.2. The summed E-state index contributed by atoms with van der Waals surface area (Å²) in [4.78, 5) is 11.0. The van der Waals surface area contributed by atoms with Crippen LogP contribution in [-0.4, -0.2) is 16.7 Å². The third kappa shape index (κ3) is 8.45. The number of hydrogen-bond acceptors (Lipinski definition) is 3. The molecule has 0 unspecified atom stereocenters. The quantitative estimate of drug-likeness (QED) is 0.427. The van der Waals surface area contributed by atoms with Crippen LogP contribution >= 0.6 is 11.6 Å². The van der Waals surface area contributed by atoms with Gasteiger partial charge in [0.25, 0.3) is 0 Å². The van der Waals surface area contributed by atoms with Gasteiger partial charge in [-0.3, -0.25) is 4.79 Å². The summed E-state index contributed by atoms with van der Waals surface area (Å²) in [5.74, 6) is 1.03. The van der Waals surface area contributed by atoms with Crippen LogP contribution in [0.1, 0.15) is 102 Å². The van der Waals surface area contributed by atoms with Crippen molar-refractivity contribution in [3.05, 3.63) is 57.1 Å². The first kappa shape index (κ1) is 30.8. The Balaban J connectivity index is 0.000000949. The van der Waals surface area contributed by atoms with E-state index in [-0.39, 0.29) is 12.0 Å². The SMILES string of the molecule is CC.CC.CC.CC1(C)Cc2cc(Cl)cc(COc3ccc(CCC(=O)O)c4c3CCCC4)c2O1. The molecule has 2 aliphatic rings. The van der Waals surface area contributed by atoms with Gasteiger partial charge in [-0.15, -0.1) is 0 Å². The summed E-state index contributed by atoms with van der Waals surface area (Å²) in [5.41, 5.74) is 5.53. The highest BCUT2D eigenvalue weighted by Gasteiger charge is 2.32. The molecule has 0 radical (unpaired) electrons. The van der Waals surface area contributed by atoms with Crippen LogP contribution in [0.2, 0.25) is 5.02 Å². The Bertz CT molecular complexity index is 950. The smallest absolute Gasteiger partial charge is 0.303 e. The van der Waals surface area contributed by atoms with Crippen LogP contribution in [-0.2, 0) is 37.1 Å². The van der Waals surface area contributed by atoms with Crippen LogP contribution in [0.5, 0.6) is 11.5 Å². The molecule has 0 spiro atoms. The van der Waals surface area contributed by atoms with Gasteiger partial charge >= 0.3 is 5.97 Å². The van der Waals surface area contributed by atoms with Crippen LogP contribution in [0, 0.1) is 0 Å². The lowest BCUT2D eigenvalue weighted by molar-refractivity contribution is -0.136. The Morgan fingerprint density at radius 2 is 1.63 bits per heavy atom. The standard InChI is InChI=1S/C24H27ClO4.3C2H6/c1-24(2)13-16-11-18(25)12-17(23(16)29-24)14-28-21-9-7-15(8-10-22(26)27)19-5-3-4-6-20(19)21;3*1-2/h7,9,11-12H,3-6,8,10,13-14H2,1-2H3,(H,26,27);3*1-2H3. The summed E-state index contributed by atoms with van der Waals surface area (Å²) in [5, 5.41) is 9.74. The summed E-state index contributed by atoms with van der Waals surface area (Å²) < 4.78 is 12.4. The van der Waals surface area contributed by atoms with Crippen molar-refractivity contribution in [2.45, 2.75) is 113 Å². The Morgan fingerprint density at radius 3 is 2.26 bits per heavy atom. The van der Waals surface area contributed by atoms with Crippen LogP contribution < -0.4 is 9.47 Å². The van der Waals surface area contributed by atoms with E-state index in [1.54, 1.807) is 0 Å². The molecule has 4 nitrogen and oxygen atoms in total. The van der Waals surface area contributed by atoms with Gasteiger partial charge in [0.05, 0.1) is 0 Å². The lowest BCUT2D eigenvalue weighted by Crippen LogP contribution is -2.25. The maximum atomic E-state index is 11.0. The monoisotopic (exact) mass is 504 g/mol. The van der Waals surface area contributed by atoms with E-state index in [2.05, 4.69) is 13.8 Å². The largest absolute Gasteiger partial charge is 0.488 e. The molecule has 2 aromatic rings. The average Bonchev–Trinajstić information content (AvgIpc) is 3.18. The van der Waals surface area contributed by atoms with E-state index < -0.39 is 5.97 Å². The molecule has 196 valence electrons. The highest BCUT2D eigenvalue weighted by atomic mass is 35.5. The molecule has 0 saturated heterocycles. The number of aryl methyl sites for hydroxylation is 1. The van der Waals surface area contributed by atoms with Crippen molar-refractivity contribution >= 4 is 17.6 Å². The van der Waals surface area contributed by atoms with E-state index in [0.29, 0.717) is 18.1 Å². The summed E-state index contributed by atoms with van der Waals surface area (Å²) in [6.45, 7) is 16.6. The molecule has 0 atom stereocenters. The van der Waals surface area contributed by atoms with Crippen LogP contribution in [0.25, 0.3) is 0 Å². The average molecular weight is 505 g/mol.